The summed E-state index contributed by atoms with van der Waals surface area (Å²) in [4.78, 5) is 26.9. The summed E-state index contributed by atoms with van der Waals surface area (Å²) in [7, 11) is 3.93. The van der Waals surface area contributed by atoms with Crippen LogP contribution in [0.2, 0.25) is 0 Å². The van der Waals surface area contributed by atoms with Crippen LogP contribution in [0.5, 0.6) is 0 Å². The first-order valence-corrected chi connectivity index (χ1v) is 9.63. The summed E-state index contributed by atoms with van der Waals surface area (Å²) >= 11 is 2.86. The van der Waals surface area contributed by atoms with Gasteiger partial charge >= 0.3 is 5.97 Å². The number of carbonyl (C=O) groups is 2. The number of amides is 1. The fourth-order valence-corrected chi connectivity index (χ4v) is 4.91. The predicted octanol–water partition coefficient (Wildman–Crippen LogP) is -1.09. The molecule has 2 atom stereocenters. The first-order chi connectivity index (χ1) is 11.9. The van der Waals surface area contributed by atoms with Gasteiger partial charge in [-0.2, -0.15) is 0 Å². The van der Waals surface area contributed by atoms with Gasteiger partial charge in [-0.05, 0) is 30.1 Å². The average Bonchev–Trinajstić information content (AvgIpc) is 3.03. The normalized spacial score (nSPS) is 23.0. The third kappa shape index (κ3) is 3.52. The number of β-lactam (4-membered cyclic amide) rings is 1. The Kier molecular flexibility index (Phi) is 5.32. The molecule has 2 aliphatic heterocycles. The number of rotatable bonds is 7. The highest BCUT2D eigenvalue weighted by Crippen LogP contribution is 2.40. The van der Waals surface area contributed by atoms with Crippen molar-refractivity contribution in [2.45, 2.75) is 23.1 Å². The first kappa shape index (κ1) is 18.2. The van der Waals surface area contributed by atoms with Gasteiger partial charge in [-0.1, -0.05) is 11.8 Å². The molecule has 3 heterocycles. The van der Waals surface area contributed by atoms with E-state index in [1.165, 1.54) is 28.4 Å². The van der Waals surface area contributed by atoms with Gasteiger partial charge in [-0.15, -0.1) is 16.9 Å². The Morgan fingerprint density at radius 1 is 1.52 bits per heavy atom. The largest absolute Gasteiger partial charge is 0.477 e. The molecule has 25 heavy (non-hydrogen) atoms. The van der Waals surface area contributed by atoms with Gasteiger partial charge in [-0.3, -0.25) is 9.69 Å². The number of carbonyl (C=O) groups excluding carboxylic acids is 1. The monoisotopic (exact) mass is 385 g/mol. The Bertz CT molecular complexity index is 720. The quantitative estimate of drug-likeness (QED) is 0.441. The minimum atomic E-state index is -1.10. The summed E-state index contributed by atoms with van der Waals surface area (Å²) in [5.74, 6) is -0.514. The van der Waals surface area contributed by atoms with Crippen LogP contribution in [-0.4, -0.2) is 90.6 Å². The SMILES string of the molecule is CN(C)CCn1nnnc1SCC1=C(C(=O)O)N2C(=O)[C@H](N)[C@@H]2SC1. The molecule has 0 radical (unpaired) electrons. The van der Waals surface area contributed by atoms with Crippen LogP contribution in [0.4, 0.5) is 0 Å². The van der Waals surface area contributed by atoms with E-state index in [4.69, 9.17) is 5.73 Å². The fraction of sp³-hybridized carbons (Fsp3) is 0.615. The molecular weight excluding hydrogens is 366 g/mol. The molecule has 1 saturated heterocycles. The second-order valence-corrected chi connectivity index (χ2v) is 8.02. The number of nitrogens with two attached hydrogens (primary N) is 1. The van der Waals surface area contributed by atoms with Crippen LogP contribution < -0.4 is 5.73 Å². The lowest BCUT2D eigenvalue weighted by Gasteiger charge is -2.48. The van der Waals surface area contributed by atoms with Crippen LogP contribution >= 0.6 is 23.5 Å². The van der Waals surface area contributed by atoms with Crippen molar-refractivity contribution in [3.05, 3.63) is 11.3 Å². The van der Waals surface area contributed by atoms with Crippen LogP contribution in [0.1, 0.15) is 0 Å². The van der Waals surface area contributed by atoms with E-state index in [2.05, 4.69) is 15.5 Å². The Morgan fingerprint density at radius 2 is 2.28 bits per heavy atom. The van der Waals surface area contributed by atoms with Crippen molar-refractivity contribution in [2.24, 2.45) is 5.73 Å². The van der Waals surface area contributed by atoms with Crippen molar-refractivity contribution in [2.75, 3.05) is 32.1 Å². The van der Waals surface area contributed by atoms with Gasteiger partial charge in [0.25, 0.3) is 0 Å². The van der Waals surface area contributed by atoms with Gasteiger partial charge < -0.3 is 15.7 Å². The zero-order chi connectivity index (χ0) is 18.1. The van der Waals surface area contributed by atoms with Crippen molar-refractivity contribution in [1.82, 2.24) is 30.0 Å². The number of fused-ring (bicyclic) bond motifs is 1. The van der Waals surface area contributed by atoms with E-state index in [-0.39, 0.29) is 17.0 Å². The Labute approximate surface area is 152 Å². The van der Waals surface area contributed by atoms with Crippen LogP contribution in [0.25, 0.3) is 0 Å². The summed E-state index contributed by atoms with van der Waals surface area (Å²) in [6.07, 6.45) is 0. The number of tetrazole rings is 1. The number of hydrogen-bond donors (Lipinski definition) is 2. The standard InChI is InChI=1S/C13H19N7O3S2/c1-18(2)3-4-19-13(15-16-17-19)25-6-7-5-24-11-8(14)10(21)20(11)9(7)12(22)23/h8,11H,3-6,14H2,1-2H3,(H,22,23)/t8-,11-/m0/s1. The van der Waals surface area contributed by atoms with Crippen molar-refractivity contribution in [3.63, 3.8) is 0 Å². The van der Waals surface area contributed by atoms with Gasteiger partial charge in [0.1, 0.15) is 17.1 Å². The van der Waals surface area contributed by atoms with Gasteiger partial charge in [0.05, 0.1) is 6.54 Å². The minimum Gasteiger partial charge on any atom is -0.477 e. The second kappa shape index (κ2) is 7.32. The van der Waals surface area contributed by atoms with Crippen LogP contribution in [0.15, 0.2) is 16.4 Å². The summed E-state index contributed by atoms with van der Waals surface area (Å²) in [5, 5.41) is 21.5. The molecule has 0 aliphatic carbocycles. The first-order valence-electron chi connectivity index (χ1n) is 7.59. The second-order valence-electron chi connectivity index (χ2n) is 5.97. The molecule has 0 bridgehead atoms. The Balaban J connectivity index is 1.73. The maximum atomic E-state index is 11.9. The van der Waals surface area contributed by atoms with E-state index in [1.807, 2.05) is 19.0 Å². The third-order valence-corrected chi connectivity index (χ3v) is 6.33. The van der Waals surface area contributed by atoms with Crippen LogP contribution in [0.3, 0.4) is 0 Å². The van der Waals surface area contributed by atoms with E-state index in [0.29, 0.717) is 28.8 Å². The highest BCUT2D eigenvalue weighted by atomic mass is 32.2. The molecule has 0 aromatic carbocycles. The molecule has 12 heteroatoms. The van der Waals surface area contributed by atoms with Crippen LogP contribution in [0, 0.1) is 0 Å². The van der Waals surface area contributed by atoms with Crippen LogP contribution in [-0.2, 0) is 16.1 Å². The van der Waals surface area contributed by atoms with Gasteiger partial charge in [0.2, 0.25) is 11.1 Å². The van der Waals surface area contributed by atoms with E-state index in [1.54, 1.807) is 4.68 Å². The number of carboxylic acids is 1. The summed E-state index contributed by atoms with van der Waals surface area (Å²) in [5.41, 5.74) is 6.48. The highest BCUT2D eigenvalue weighted by Gasteiger charge is 2.51. The maximum Gasteiger partial charge on any atom is 0.352 e. The minimum absolute atomic E-state index is 0.0512. The van der Waals surface area contributed by atoms with E-state index >= 15 is 0 Å². The molecule has 0 spiro atoms. The molecule has 3 rings (SSSR count). The Hall–Kier alpha value is -1.63. The third-order valence-electron chi connectivity index (χ3n) is 3.92. The van der Waals surface area contributed by atoms with Crippen molar-refractivity contribution in [3.8, 4) is 0 Å². The lowest BCUT2D eigenvalue weighted by atomic mass is 10.0. The van der Waals surface area contributed by atoms with E-state index in [0.717, 1.165) is 6.54 Å². The number of thioether (sulfide) groups is 2. The molecule has 0 saturated carbocycles. The van der Waals surface area contributed by atoms with Gasteiger partial charge in [0.15, 0.2) is 0 Å². The topological polar surface area (TPSA) is 130 Å². The Morgan fingerprint density at radius 3 is 2.96 bits per heavy atom. The molecule has 1 amide bonds. The fourth-order valence-electron chi connectivity index (χ4n) is 2.58. The molecule has 10 nitrogen and oxygen atoms in total. The highest BCUT2D eigenvalue weighted by molar-refractivity contribution is 8.01. The number of aromatic nitrogens is 4. The van der Waals surface area contributed by atoms with Crippen molar-refractivity contribution in [1.29, 1.82) is 0 Å². The molecule has 1 aromatic heterocycles. The van der Waals surface area contributed by atoms with E-state index in [9.17, 15) is 14.7 Å². The number of carboxylic acid groups (broad SMARTS) is 1. The number of likely N-dealkylation sites (N-methyl/N-ethyl adjacent to an activating group) is 1. The average molecular weight is 385 g/mol. The zero-order valence-electron chi connectivity index (χ0n) is 13.8. The molecule has 3 N–H and O–H groups in total. The van der Waals surface area contributed by atoms with Gasteiger partial charge in [0, 0.05) is 18.1 Å². The van der Waals surface area contributed by atoms with Crippen molar-refractivity contribution >= 4 is 35.4 Å². The molecule has 1 fully saturated rings. The smallest absolute Gasteiger partial charge is 0.352 e. The lowest BCUT2D eigenvalue weighted by Crippen LogP contribution is -2.68. The molecule has 2 aliphatic rings. The zero-order valence-corrected chi connectivity index (χ0v) is 15.5. The molecule has 0 unspecified atom stereocenters. The number of hydrogen-bond acceptors (Lipinski definition) is 9. The molecular formula is C13H19N7O3S2. The number of nitrogens with zero attached hydrogens (tertiary/aromatic N) is 6. The molecule has 136 valence electrons. The summed E-state index contributed by atoms with van der Waals surface area (Å²) in [6.45, 7) is 1.43. The maximum absolute atomic E-state index is 11.9. The van der Waals surface area contributed by atoms with Gasteiger partial charge in [-0.25, -0.2) is 9.48 Å². The summed E-state index contributed by atoms with van der Waals surface area (Å²) < 4.78 is 1.69. The number of aliphatic carboxylic acids is 1. The lowest BCUT2D eigenvalue weighted by molar-refractivity contribution is -0.147. The van der Waals surface area contributed by atoms with Crippen molar-refractivity contribution < 1.29 is 14.7 Å². The summed E-state index contributed by atoms with van der Waals surface area (Å²) in [6, 6.07) is -0.619. The van der Waals surface area contributed by atoms with E-state index < -0.39 is 12.0 Å². The molecule has 1 aromatic rings. The predicted molar refractivity (Wildman–Crippen MR) is 92.8 cm³/mol.